The number of para-hydroxylation sites is 1. The number of hydrogen-bond acceptors (Lipinski definition) is 5. The Balaban J connectivity index is 1.20. The van der Waals surface area contributed by atoms with Crippen LogP contribution in [0, 0.1) is 5.92 Å². The quantitative estimate of drug-likeness (QED) is 0.667. The number of carbonyl (C=O) groups is 2. The van der Waals surface area contributed by atoms with Crippen LogP contribution < -0.4 is 4.74 Å². The molecular formula is C25H32N4O3. The highest BCUT2D eigenvalue weighted by Crippen LogP contribution is 2.21. The van der Waals surface area contributed by atoms with E-state index in [1.807, 2.05) is 64.5 Å². The predicted molar refractivity (Wildman–Crippen MR) is 122 cm³/mol. The molecule has 2 aromatic rings. The fraction of sp³-hybridized carbons (Fsp3) is 0.480. The Kier molecular flexibility index (Phi) is 7.72. The minimum absolute atomic E-state index is 0.0682. The molecule has 0 spiro atoms. The van der Waals surface area contributed by atoms with Crippen molar-refractivity contribution < 1.29 is 14.3 Å². The van der Waals surface area contributed by atoms with Crippen molar-refractivity contribution >= 4 is 11.8 Å². The fourth-order valence-corrected chi connectivity index (χ4v) is 4.44. The molecule has 32 heavy (non-hydrogen) atoms. The highest BCUT2D eigenvalue weighted by atomic mass is 16.5. The number of carbonyl (C=O) groups excluding carboxylic acids is 2. The number of amides is 2. The maximum absolute atomic E-state index is 13.1. The Morgan fingerprint density at radius 2 is 1.72 bits per heavy atom. The highest BCUT2D eigenvalue weighted by molar-refractivity contribution is 5.81. The topological polar surface area (TPSA) is 66.0 Å². The molecule has 1 aromatic carbocycles. The smallest absolute Gasteiger partial charge is 0.227 e. The van der Waals surface area contributed by atoms with Gasteiger partial charge in [-0.2, -0.15) is 0 Å². The van der Waals surface area contributed by atoms with Crippen LogP contribution in [-0.2, 0) is 16.1 Å². The van der Waals surface area contributed by atoms with Crippen LogP contribution in [0.4, 0.5) is 0 Å². The van der Waals surface area contributed by atoms with E-state index >= 15 is 0 Å². The highest BCUT2D eigenvalue weighted by Gasteiger charge is 2.32. The fourth-order valence-electron chi connectivity index (χ4n) is 4.44. The molecule has 2 saturated heterocycles. The molecule has 2 aliphatic heterocycles. The normalized spacial score (nSPS) is 19.6. The summed E-state index contributed by atoms with van der Waals surface area (Å²) in [4.78, 5) is 36.3. The number of piperidine rings is 1. The van der Waals surface area contributed by atoms with Crippen molar-refractivity contribution in [2.75, 3.05) is 45.9 Å². The maximum Gasteiger partial charge on any atom is 0.227 e. The lowest BCUT2D eigenvalue weighted by Gasteiger charge is -2.39. The van der Waals surface area contributed by atoms with Crippen LogP contribution in [-0.4, -0.2) is 77.4 Å². The number of hydrogen-bond donors (Lipinski definition) is 0. The zero-order chi connectivity index (χ0) is 22.2. The molecule has 1 aromatic heterocycles. The van der Waals surface area contributed by atoms with Gasteiger partial charge in [-0.25, -0.2) is 0 Å². The van der Waals surface area contributed by atoms with Crippen molar-refractivity contribution in [3.05, 3.63) is 60.4 Å². The molecular weight excluding hydrogens is 404 g/mol. The van der Waals surface area contributed by atoms with Crippen LogP contribution in [0.5, 0.6) is 5.75 Å². The van der Waals surface area contributed by atoms with Gasteiger partial charge < -0.3 is 14.5 Å². The lowest BCUT2D eigenvalue weighted by atomic mass is 9.96. The summed E-state index contributed by atoms with van der Waals surface area (Å²) in [6, 6.07) is 15.5. The van der Waals surface area contributed by atoms with Crippen molar-refractivity contribution in [1.29, 1.82) is 0 Å². The second-order valence-electron chi connectivity index (χ2n) is 8.51. The first-order valence-electron chi connectivity index (χ1n) is 11.6. The van der Waals surface area contributed by atoms with Gasteiger partial charge in [-0.15, -0.1) is 0 Å². The Labute approximate surface area is 190 Å². The van der Waals surface area contributed by atoms with E-state index < -0.39 is 0 Å². The van der Waals surface area contributed by atoms with Gasteiger partial charge in [-0.1, -0.05) is 24.3 Å². The summed E-state index contributed by atoms with van der Waals surface area (Å²) >= 11 is 0. The van der Waals surface area contributed by atoms with Crippen LogP contribution in [0.3, 0.4) is 0 Å². The summed E-state index contributed by atoms with van der Waals surface area (Å²) in [6.45, 7) is 5.61. The third-order valence-electron chi connectivity index (χ3n) is 6.25. The summed E-state index contributed by atoms with van der Waals surface area (Å²) in [7, 11) is 0. The predicted octanol–water partition coefficient (Wildman–Crippen LogP) is 2.43. The molecule has 4 rings (SSSR count). The first-order valence-corrected chi connectivity index (χ1v) is 11.6. The molecule has 170 valence electrons. The van der Waals surface area contributed by atoms with Gasteiger partial charge in [0.2, 0.25) is 11.8 Å². The van der Waals surface area contributed by atoms with E-state index in [0.29, 0.717) is 19.6 Å². The molecule has 2 aliphatic rings. The third kappa shape index (κ3) is 6.07. The molecule has 0 bridgehead atoms. The second kappa shape index (κ2) is 11.1. The number of ether oxygens (including phenoxy) is 1. The van der Waals surface area contributed by atoms with E-state index in [1.165, 1.54) is 0 Å². The number of nitrogens with zero attached hydrogens (tertiary/aromatic N) is 4. The summed E-state index contributed by atoms with van der Waals surface area (Å²) in [6.07, 6.45) is 3.89. The minimum atomic E-state index is -0.0925. The summed E-state index contributed by atoms with van der Waals surface area (Å²) in [5.41, 5.74) is 1.06. The first kappa shape index (κ1) is 22.3. The first-order chi connectivity index (χ1) is 15.7. The standard InChI is InChI=1S/C25H32N4O3/c30-24(11-18-32-23-9-2-1-3-10-23)29-13-6-7-21(19-29)25(31)28-16-14-27(15-17-28)20-22-8-4-5-12-26-22/h1-5,8-10,12,21H,6-7,11,13-20H2. The number of rotatable bonds is 7. The molecule has 2 fully saturated rings. The SMILES string of the molecule is O=C(CCOc1ccccc1)N1CCCC(C(=O)N2CCN(Cc3ccccn3)CC2)C1. The Morgan fingerprint density at radius 3 is 2.47 bits per heavy atom. The zero-order valence-corrected chi connectivity index (χ0v) is 18.6. The lowest BCUT2D eigenvalue weighted by Crippen LogP contribution is -2.52. The molecule has 0 N–H and O–H groups in total. The largest absolute Gasteiger partial charge is 0.493 e. The van der Waals surface area contributed by atoms with Gasteiger partial charge in [0.15, 0.2) is 0 Å². The van der Waals surface area contributed by atoms with Crippen molar-refractivity contribution in [3.8, 4) is 5.75 Å². The van der Waals surface area contributed by atoms with Crippen molar-refractivity contribution in [2.24, 2.45) is 5.92 Å². The third-order valence-corrected chi connectivity index (χ3v) is 6.25. The minimum Gasteiger partial charge on any atom is -0.493 e. The number of pyridine rings is 1. The van der Waals surface area contributed by atoms with Gasteiger partial charge in [0.1, 0.15) is 5.75 Å². The molecule has 0 saturated carbocycles. The van der Waals surface area contributed by atoms with Crippen LogP contribution in [0.2, 0.25) is 0 Å². The van der Waals surface area contributed by atoms with E-state index in [1.54, 1.807) is 0 Å². The molecule has 0 aliphatic carbocycles. The average molecular weight is 437 g/mol. The van der Waals surface area contributed by atoms with Crippen molar-refractivity contribution in [3.63, 3.8) is 0 Å². The molecule has 1 unspecified atom stereocenters. The van der Waals surface area contributed by atoms with Crippen molar-refractivity contribution in [2.45, 2.75) is 25.8 Å². The van der Waals surface area contributed by atoms with Gasteiger partial charge in [0, 0.05) is 52.0 Å². The van der Waals surface area contributed by atoms with Gasteiger partial charge in [0.25, 0.3) is 0 Å². The Hall–Kier alpha value is -2.93. The van der Waals surface area contributed by atoms with Gasteiger partial charge in [-0.3, -0.25) is 19.5 Å². The molecule has 3 heterocycles. The number of likely N-dealkylation sites (tertiary alicyclic amines) is 1. The number of aromatic nitrogens is 1. The summed E-state index contributed by atoms with van der Waals surface area (Å²) < 4.78 is 5.66. The molecule has 2 amide bonds. The van der Waals surface area contributed by atoms with Gasteiger partial charge >= 0.3 is 0 Å². The molecule has 7 nitrogen and oxygen atoms in total. The zero-order valence-electron chi connectivity index (χ0n) is 18.6. The van der Waals surface area contributed by atoms with Crippen LogP contribution in [0.15, 0.2) is 54.7 Å². The average Bonchev–Trinajstić information content (AvgIpc) is 2.85. The Morgan fingerprint density at radius 1 is 0.938 bits per heavy atom. The van der Waals surface area contributed by atoms with Gasteiger partial charge in [0.05, 0.1) is 24.6 Å². The van der Waals surface area contributed by atoms with E-state index in [2.05, 4.69) is 9.88 Å². The van der Waals surface area contributed by atoms with Crippen LogP contribution in [0.25, 0.3) is 0 Å². The van der Waals surface area contributed by atoms with Crippen molar-refractivity contribution in [1.82, 2.24) is 19.7 Å². The second-order valence-corrected chi connectivity index (χ2v) is 8.51. The summed E-state index contributed by atoms with van der Waals surface area (Å²) in [5.74, 6) is 0.943. The number of piperazine rings is 1. The van der Waals surface area contributed by atoms with Crippen LogP contribution >= 0.6 is 0 Å². The maximum atomic E-state index is 13.1. The van der Waals surface area contributed by atoms with E-state index in [4.69, 9.17) is 4.74 Å². The van der Waals surface area contributed by atoms with E-state index in [0.717, 1.165) is 63.6 Å². The van der Waals surface area contributed by atoms with E-state index in [-0.39, 0.29) is 17.7 Å². The lowest BCUT2D eigenvalue weighted by molar-refractivity contribution is -0.142. The van der Waals surface area contributed by atoms with Crippen LogP contribution in [0.1, 0.15) is 25.0 Å². The Bertz CT molecular complexity index is 869. The van der Waals surface area contributed by atoms with E-state index in [9.17, 15) is 9.59 Å². The molecule has 1 atom stereocenters. The monoisotopic (exact) mass is 436 g/mol. The van der Waals surface area contributed by atoms with Gasteiger partial charge in [-0.05, 0) is 37.1 Å². The molecule has 7 heteroatoms. The number of benzene rings is 1. The summed E-state index contributed by atoms with van der Waals surface area (Å²) in [5, 5.41) is 0. The molecule has 0 radical (unpaired) electrons.